The van der Waals surface area contributed by atoms with Crippen molar-refractivity contribution in [3.63, 3.8) is 0 Å². The number of nitrogens with zero attached hydrogens (tertiary/aromatic N) is 2. The maximum Gasteiger partial charge on any atom is 0.0566 e. The highest BCUT2D eigenvalue weighted by Gasteiger charge is 2.16. The predicted molar refractivity (Wildman–Crippen MR) is 98.7 cm³/mol. The van der Waals surface area contributed by atoms with Gasteiger partial charge in [0.2, 0.25) is 0 Å². The summed E-state index contributed by atoms with van der Waals surface area (Å²) < 4.78 is 0. The molecule has 24 heavy (non-hydrogen) atoms. The van der Waals surface area contributed by atoms with Crippen LogP contribution < -0.4 is 4.90 Å². The summed E-state index contributed by atoms with van der Waals surface area (Å²) >= 11 is 0. The lowest BCUT2D eigenvalue weighted by Gasteiger charge is -2.27. The van der Waals surface area contributed by atoms with Crippen LogP contribution in [0.1, 0.15) is 0 Å². The maximum atomic E-state index is 4.10. The van der Waals surface area contributed by atoms with E-state index in [1.54, 1.807) is 0 Å². The highest BCUT2D eigenvalue weighted by molar-refractivity contribution is 5.87. The van der Waals surface area contributed by atoms with Crippen LogP contribution in [0.2, 0.25) is 0 Å². The van der Waals surface area contributed by atoms with Gasteiger partial charge in [-0.1, -0.05) is 54.6 Å². The molecule has 0 aliphatic carbocycles. The average molecular weight is 311 g/mol. The summed E-state index contributed by atoms with van der Waals surface area (Å²) in [6.07, 6.45) is 3.78. The van der Waals surface area contributed by atoms with Crippen molar-refractivity contribution in [1.82, 2.24) is 10.2 Å². The van der Waals surface area contributed by atoms with Gasteiger partial charge in [-0.2, -0.15) is 5.10 Å². The molecule has 1 aromatic heterocycles. The number of H-pyrrole nitrogens is 1. The van der Waals surface area contributed by atoms with Crippen LogP contribution in [0.25, 0.3) is 11.1 Å². The number of anilines is 3. The van der Waals surface area contributed by atoms with Crippen molar-refractivity contribution in [3.8, 4) is 11.1 Å². The minimum Gasteiger partial charge on any atom is -0.310 e. The summed E-state index contributed by atoms with van der Waals surface area (Å²) in [5.74, 6) is 0. The molecular formula is C21H17N3. The molecule has 1 heterocycles. The van der Waals surface area contributed by atoms with Crippen LogP contribution in [0.4, 0.5) is 17.1 Å². The fourth-order valence-electron chi connectivity index (χ4n) is 2.89. The first-order valence-corrected chi connectivity index (χ1v) is 7.92. The van der Waals surface area contributed by atoms with E-state index < -0.39 is 0 Å². The molecule has 0 radical (unpaired) electrons. The average Bonchev–Trinajstić information content (AvgIpc) is 3.19. The van der Waals surface area contributed by atoms with E-state index in [4.69, 9.17) is 0 Å². The lowest BCUT2D eigenvalue weighted by Crippen LogP contribution is -2.10. The Morgan fingerprint density at radius 3 is 1.83 bits per heavy atom. The third kappa shape index (κ3) is 2.68. The molecule has 0 atom stereocenters. The zero-order valence-electron chi connectivity index (χ0n) is 13.1. The van der Waals surface area contributed by atoms with Gasteiger partial charge in [-0.3, -0.25) is 5.10 Å². The van der Waals surface area contributed by atoms with Gasteiger partial charge in [-0.15, -0.1) is 0 Å². The van der Waals surface area contributed by atoms with Crippen LogP contribution >= 0.6 is 0 Å². The van der Waals surface area contributed by atoms with Gasteiger partial charge < -0.3 is 4.90 Å². The van der Waals surface area contributed by atoms with Crippen molar-refractivity contribution >= 4 is 17.1 Å². The Hall–Kier alpha value is -3.33. The number of para-hydroxylation sites is 3. The van der Waals surface area contributed by atoms with Crippen LogP contribution in [-0.2, 0) is 0 Å². The molecule has 0 bridgehead atoms. The number of benzene rings is 3. The van der Waals surface area contributed by atoms with Gasteiger partial charge in [0.25, 0.3) is 0 Å². The first-order valence-electron chi connectivity index (χ1n) is 7.92. The molecule has 1 N–H and O–H groups in total. The molecule has 3 nitrogen and oxygen atoms in total. The summed E-state index contributed by atoms with van der Waals surface area (Å²) in [5.41, 5.74) is 5.58. The monoisotopic (exact) mass is 311 g/mol. The molecule has 0 aliphatic rings. The number of nitrogens with one attached hydrogen (secondary N) is 1. The normalized spacial score (nSPS) is 10.5. The number of aromatic nitrogens is 2. The van der Waals surface area contributed by atoms with Crippen LogP contribution in [0, 0.1) is 0 Å². The first-order chi connectivity index (χ1) is 11.9. The van der Waals surface area contributed by atoms with Crippen LogP contribution in [0.5, 0.6) is 0 Å². The molecule has 0 fully saturated rings. The minimum atomic E-state index is 1.07. The fourth-order valence-corrected chi connectivity index (χ4v) is 2.89. The second kappa shape index (κ2) is 6.42. The molecule has 116 valence electrons. The summed E-state index contributed by atoms with van der Waals surface area (Å²) in [7, 11) is 0. The second-order valence-corrected chi connectivity index (χ2v) is 5.51. The van der Waals surface area contributed by atoms with Gasteiger partial charge in [0.15, 0.2) is 0 Å². The van der Waals surface area contributed by atoms with Gasteiger partial charge in [0.05, 0.1) is 11.9 Å². The van der Waals surface area contributed by atoms with Crippen molar-refractivity contribution in [2.24, 2.45) is 0 Å². The largest absolute Gasteiger partial charge is 0.310 e. The molecule has 4 aromatic rings. The lowest BCUT2D eigenvalue weighted by molar-refractivity contribution is 1.09. The number of aromatic amines is 1. The Kier molecular flexibility index (Phi) is 3.82. The molecular weight excluding hydrogens is 294 g/mol. The topological polar surface area (TPSA) is 31.9 Å². The first kappa shape index (κ1) is 14.3. The molecule has 0 aliphatic heterocycles. The van der Waals surface area contributed by atoms with Crippen LogP contribution in [0.15, 0.2) is 97.3 Å². The van der Waals surface area contributed by atoms with Gasteiger partial charge in [-0.25, -0.2) is 0 Å². The third-order valence-electron chi connectivity index (χ3n) is 3.98. The summed E-state index contributed by atoms with van der Waals surface area (Å²) in [6.45, 7) is 0. The zero-order valence-corrected chi connectivity index (χ0v) is 13.1. The molecule has 0 unspecified atom stereocenters. The van der Waals surface area contributed by atoms with Crippen LogP contribution in [-0.4, -0.2) is 10.2 Å². The number of hydrogen-bond acceptors (Lipinski definition) is 2. The van der Waals surface area contributed by atoms with Gasteiger partial charge in [-0.05, 0) is 30.3 Å². The highest BCUT2D eigenvalue weighted by atomic mass is 15.1. The molecule has 0 saturated carbocycles. The van der Waals surface area contributed by atoms with Crippen LogP contribution in [0.3, 0.4) is 0 Å². The summed E-state index contributed by atoms with van der Waals surface area (Å²) in [5, 5.41) is 7.01. The molecule has 3 aromatic carbocycles. The van der Waals surface area contributed by atoms with Crippen molar-refractivity contribution in [1.29, 1.82) is 0 Å². The lowest BCUT2D eigenvalue weighted by atomic mass is 10.0. The fraction of sp³-hybridized carbons (Fsp3) is 0. The Labute approximate surface area is 141 Å². The molecule has 0 amide bonds. The zero-order chi connectivity index (χ0) is 16.2. The SMILES string of the molecule is c1ccc(N(c2ccccc2)c2ccccc2-c2cn[nH]c2)cc1. The molecule has 0 saturated heterocycles. The van der Waals surface area contributed by atoms with Crippen molar-refractivity contribution in [2.75, 3.05) is 4.90 Å². The molecule has 4 rings (SSSR count). The standard InChI is InChI=1S/C21H17N3/c1-3-9-18(10-4-1)24(19-11-5-2-6-12-19)21-14-8-7-13-20(21)17-15-22-23-16-17/h1-16H,(H,22,23). The van der Waals surface area contributed by atoms with Gasteiger partial charge in [0.1, 0.15) is 0 Å². The van der Waals surface area contributed by atoms with E-state index in [1.165, 1.54) is 0 Å². The number of rotatable bonds is 4. The van der Waals surface area contributed by atoms with Crippen molar-refractivity contribution in [3.05, 3.63) is 97.3 Å². The van der Waals surface area contributed by atoms with E-state index in [-0.39, 0.29) is 0 Å². The molecule has 3 heteroatoms. The van der Waals surface area contributed by atoms with E-state index in [0.717, 1.165) is 28.2 Å². The highest BCUT2D eigenvalue weighted by Crippen LogP contribution is 2.39. The number of hydrogen-bond donors (Lipinski definition) is 1. The minimum absolute atomic E-state index is 1.07. The Morgan fingerprint density at radius 1 is 0.667 bits per heavy atom. The van der Waals surface area contributed by atoms with Crippen molar-refractivity contribution < 1.29 is 0 Å². The Morgan fingerprint density at radius 2 is 1.25 bits per heavy atom. The summed E-state index contributed by atoms with van der Waals surface area (Å²) in [4.78, 5) is 2.27. The maximum absolute atomic E-state index is 4.10. The van der Waals surface area contributed by atoms with E-state index in [9.17, 15) is 0 Å². The second-order valence-electron chi connectivity index (χ2n) is 5.51. The van der Waals surface area contributed by atoms with E-state index >= 15 is 0 Å². The summed E-state index contributed by atoms with van der Waals surface area (Å²) in [6, 6.07) is 29.2. The predicted octanol–water partition coefficient (Wildman–Crippen LogP) is 5.55. The van der Waals surface area contributed by atoms with E-state index in [2.05, 4.69) is 87.9 Å². The quantitative estimate of drug-likeness (QED) is 0.536. The smallest absolute Gasteiger partial charge is 0.0566 e. The Balaban J connectivity index is 1.93. The van der Waals surface area contributed by atoms with E-state index in [1.807, 2.05) is 24.5 Å². The third-order valence-corrected chi connectivity index (χ3v) is 3.98. The Bertz CT molecular complexity index is 861. The van der Waals surface area contributed by atoms with Gasteiger partial charge in [0, 0.05) is 28.7 Å². The van der Waals surface area contributed by atoms with Crippen molar-refractivity contribution in [2.45, 2.75) is 0 Å². The van der Waals surface area contributed by atoms with Gasteiger partial charge >= 0.3 is 0 Å². The molecule has 0 spiro atoms. The van der Waals surface area contributed by atoms with E-state index in [0.29, 0.717) is 0 Å².